The highest BCUT2D eigenvalue weighted by molar-refractivity contribution is 6.31. The Hall–Kier alpha value is -1.34. The van der Waals surface area contributed by atoms with Crippen molar-refractivity contribution < 1.29 is 9.84 Å². The number of ether oxygens (including phenoxy) is 1. The van der Waals surface area contributed by atoms with Crippen LogP contribution in [0.25, 0.3) is 0 Å². The quantitative estimate of drug-likeness (QED) is 0.474. The van der Waals surface area contributed by atoms with E-state index in [9.17, 15) is 5.11 Å². The predicted octanol–water partition coefficient (Wildman–Crippen LogP) is 2.04. The number of nitrogens with zero attached hydrogens (tertiary/aromatic N) is 2. The molecule has 3 N–H and O–H groups in total. The van der Waals surface area contributed by atoms with E-state index in [0.717, 1.165) is 51.6 Å². The molecule has 0 aliphatic carbocycles. The number of aliphatic hydroxyl groups excluding tert-OH is 1. The third kappa shape index (κ3) is 6.76. The summed E-state index contributed by atoms with van der Waals surface area (Å²) in [6, 6.07) is 7.73. The number of nitrogens with one attached hydrogen (secondary N) is 2. The number of likely N-dealkylation sites (tertiary alicyclic amines) is 1. The summed E-state index contributed by atoms with van der Waals surface area (Å²) in [4.78, 5) is 6.97. The SMILES string of the molecule is CCNC(=NCC(O)c1ccccc1Cl)NC1CCN(CCOC)CC1. The van der Waals surface area contributed by atoms with Crippen molar-refractivity contribution in [3.63, 3.8) is 0 Å². The van der Waals surface area contributed by atoms with Crippen molar-refractivity contribution in [1.82, 2.24) is 15.5 Å². The van der Waals surface area contributed by atoms with E-state index in [1.165, 1.54) is 0 Å². The lowest BCUT2D eigenvalue weighted by atomic mass is 10.1. The summed E-state index contributed by atoms with van der Waals surface area (Å²) in [6.07, 6.45) is 1.43. The number of aliphatic hydroxyl groups is 1. The Bertz CT molecular complexity index is 562. The van der Waals surface area contributed by atoms with Crippen molar-refractivity contribution in [3.05, 3.63) is 34.9 Å². The molecule has 0 bridgehead atoms. The Morgan fingerprint density at radius 1 is 1.38 bits per heavy atom. The molecule has 26 heavy (non-hydrogen) atoms. The molecular weight excluding hydrogens is 352 g/mol. The van der Waals surface area contributed by atoms with Gasteiger partial charge in [-0.05, 0) is 25.8 Å². The maximum absolute atomic E-state index is 10.4. The fraction of sp³-hybridized carbons (Fsp3) is 0.632. The minimum absolute atomic E-state index is 0.270. The first-order chi connectivity index (χ1) is 12.6. The first kappa shape index (κ1) is 21.0. The number of benzene rings is 1. The zero-order valence-corrected chi connectivity index (χ0v) is 16.5. The molecule has 0 amide bonds. The molecule has 146 valence electrons. The van der Waals surface area contributed by atoms with Gasteiger partial charge in [0.25, 0.3) is 0 Å². The van der Waals surface area contributed by atoms with Gasteiger partial charge in [-0.25, -0.2) is 0 Å². The molecule has 0 radical (unpaired) electrons. The molecule has 1 aliphatic rings. The van der Waals surface area contributed by atoms with Crippen LogP contribution in [-0.2, 0) is 4.74 Å². The molecular formula is C19H31ClN4O2. The van der Waals surface area contributed by atoms with Gasteiger partial charge in [0.05, 0.1) is 13.2 Å². The second kappa shape index (κ2) is 11.4. The van der Waals surface area contributed by atoms with E-state index in [1.807, 2.05) is 25.1 Å². The molecule has 6 nitrogen and oxygen atoms in total. The minimum atomic E-state index is -0.713. The molecule has 7 heteroatoms. The first-order valence-corrected chi connectivity index (χ1v) is 9.70. The van der Waals surface area contributed by atoms with Gasteiger partial charge in [0.1, 0.15) is 6.10 Å². The minimum Gasteiger partial charge on any atom is -0.386 e. The topological polar surface area (TPSA) is 69.1 Å². The molecule has 1 heterocycles. The highest BCUT2D eigenvalue weighted by Crippen LogP contribution is 2.22. The second-order valence-corrected chi connectivity index (χ2v) is 6.92. The Labute approximate surface area is 161 Å². The van der Waals surface area contributed by atoms with Gasteiger partial charge in [0.2, 0.25) is 0 Å². The third-order valence-electron chi connectivity index (χ3n) is 4.57. The van der Waals surface area contributed by atoms with E-state index in [-0.39, 0.29) is 6.54 Å². The normalized spacial score (nSPS) is 17.9. The summed E-state index contributed by atoms with van der Waals surface area (Å²) in [5.74, 6) is 0.744. The van der Waals surface area contributed by atoms with Crippen LogP contribution in [0.5, 0.6) is 0 Å². The van der Waals surface area contributed by atoms with Crippen LogP contribution in [0.1, 0.15) is 31.4 Å². The summed E-state index contributed by atoms with van der Waals surface area (Å²) in [6.45, 7) is 6.97. The highest BCUT2D eigenvalue weighted by atomic mass is 35.5. The van der Waals surface area contributed by atoms with E-state index in [1.54, 1.807) is 13.2 Å². The van der Waals surface area contributed by atoms with Gasteiger partial charge >= 0.3 is 0 Å². The van der Waals surface area contributed by atoms with Crippen LogP contribution in [0.2, 0.25) is 5.02 Å². The first-order valence-electron chi connectivity index (χ1n) is 9.32. The molecule has 1 aromatic carbocycles. The maximum atomic E-state index is 10.4. The van der Waals surface area contributed by atoms with Crippen molar-refractivity contribution in [2.75, 3.05) is 46.4 Å². The van der Waals surface area contributed by atoms with Crippen LogP contribution in [0, 0.1) is 0 Å². The van der Waals surface area contributed by atoms with Gasteiger partial charge in [-0.1, -0.05) is 29.8 Å². The number of hydrogen-bond donors (Lipinski definition) is 3. The van der Waals surface area contributed by atoms with E-state index < -0.39 is 6.10 Å². The number of methoxy groups -OCH3 is 1. The molecule has 0 saturated carbocycles. The molecule has 1 saturated heterocycles. The fourth-order valence-corrected chi connectivity index (χ4v) is 3.32. The Morgan fingerprint density at radius 2 is 2.12 bits per heavy atom. The van der Waals surface area contributed by atoms with E-state index in [4.69, 9.17) is 16.3 Å². The van der Waals surface area contributed by atoms with Crippen molar-refractivity contribution in [2.24, 2.45) is 4.99 Å². The zero-order valence-electron chi connectivity index (χ0n) is 15.7. The van der Waals surface area contributed by atoms with Gasteiger partial charge in [-0.3, -0.25) is 4.99 Å². The van der Waals surface area contributed by atoms with Crippen LogP contribution in [0.4, 0.5) is 0 Å². The van der Waals surface area contributed by atoms with Crippen LogP contribution in [0.15, 0.2) is 29.3 Å². The molecule has 0 spiro atoms. The molecule has 1 atom stereocenters. The molecule has 0 aromatic heterocycles. The Kier molecular flexibility index (Phi) is 9.18. The monoisotopic (exact) mass is 382 g/mol. The van der Waals surface area contributed by atoms with Gasteiger partial charge in [-0.2, -0.15) is 0 Å². The van der Waals surface area contributed by atoms with Gasteiger partial charge in [-0.15, -0.1) is 0 Å². The number of rotatable bonds is 8. The Balaban J connectivity index is 1.86. The van der Waals surface area contributed by atoms with Gasteiger partial charge in [0, 0.05) is 49.9 Å². The van der Waals surface area contributed by atoms with E-state index in [2.05, 4.69) is 20.5 Å². The van der Waals surface area contributed by atoms with Crippen LogP contribution in [-0.4, -0.2) is 68.4 Å². The number of guanidine groups is 1. The summed E-state index contributed by atoms with van der Waals surface area (Å²) >= 11 is 6.15. The standard InChI is InChI=1S/C19H31ClN4O2/c1-3-21-19(22-14-18(25)16-6-4-5-7-17(16)20)23-15-8-10-24(11-9-15)12-13-26-2/h4-7,15,18,25H,3,8-14H2,1-2H3,(H2,21,22,23). The molecule has 1 fully saturated rings. The number of aliphatic imine (C=N–C) groups is 1. The highest BCUT2D eigenvalue weighted by Gasteiger charge is 2.20. The van der Waals surface area contributed by atoms with Crippen LogP contribution in [0.3, 0.4) is 0 Å². The smallest absolute Gasteiger partial charge is 0.191 e. The molecule has 2 rings (SSSR count). The third-order valence-corrected chi connectivity index (χ3v) is 4.92. The lowest BCUT2D eigenvalue weighted by Gasteiger charge is -2.32. The van der Waals surface area contributed by atoms with E-state index in [0.29, 0.717) is 16.6 Å². The van der Waals surface area contributed by atoms with Crippen LogP contribution < -0.4 is 10.6 Å². The lowest BCUT2D eigenvalue weighted by Crippen LogP contribution is -2.49. The predicted molar refractivity (Wildman–Crippen MR) is 107 cm³/mol. The summed E-state index contributed by atoms with van der Waals surface area (Å²) in [7, 11) is 1.74. The van der Waals surface area contributed by atoms with E-state index >= 15 is 0 Å². The summed E-state index contributed by atoms with van der Waals surface area (Å²) < 4.78 is 5.15. The van der Waals surface area contributed by atoms with Crippen molar-refractivity contribution in [3.8, 4) is 0 Å². The average molecular weight is 383 g/mol. The summed E-state index contributed by atoms with van der Waals surface area (Å²) in [5.41, 5.74) is 0.709. The number of halogens is 1. The van der Waals surface area contributed by atoms with Crippen molar-refractivity contribution in [2.45, 2.75) is 31.9 Å². The fourth-order valence-electron chi connectivity index (χ4n) is 3.06. The molecule has 1 aromatic rings. The summed E-state index contributed by atoms with van der Waals surface area (Å²) in [5, 5.41) is 17.7. The van der Waals surface area contributed by atoms with Crippen molar-refractivity contribution in [1.29, 1.82) is 0 Å². The molecule has 1 aliphatic heterocycles. The maximum Gasteiger partial charge on any atom is 0.191 e. The average Bonchev–Trinajstić information content (AvgIpc) is 2.66. The lowest BCUT2D eigenvalue weighted by molar-refractivity contribution is 0.128. The van der Waals surface area contributed by atoms with Crippen LogP contribution >= 0.6 is 11.6 Å². The number of hydrogen-bond acceptors (Lipinski definition) is 4. The second-order valence-electron chi connectivity index (χ2n) is 6.51. The largest absolute Gasteiger partial charge is 0.386 e. The van der Waals surface area contributed by atoms with Crippen molar-refractivity contribution >= 4 is 17.6 Å². The van der Waals surface area contributed by atoms with Gasteiger partial charge in [0.15, 0.2) is 5.96 Å². The number of piperidine rings is 1. The zero-order chi connectivity index (χ0) is 18.8. The molecule has 1 unspecified atom stereocenters. The van der Waals surface area contributed by atoms with Gasteiger partial charge < -0.3 is 25.4 Å². The Morgan fingerprint density at radius 3 is 2.77 bits per heavy atom.